The van der Waals surface area contributed by atoms with Crippen LogP contribution >= 0.6 is 0 Å². The van der Waals surface area contributed by atoms with Crippen LogP contribution in [0.25, 0.3) is 0 Å². The average Bonchev–Trinajstić information content (AvgIpc) is 3.06. The summed E-state index contributed by atoms with van der Waals surface area (Å²) in [6, 6.07) is 28.4. The van der Waals surface area contributed by atoms with Gasteiger partial charge in [0, 0.05) is 19.5 Å². The first-order chi connectivity index (χ1) is 22.1. The molecule has 0 aliphatic heterocycles. The highest BCUT2D eigenvalue weighted by molar-refractivity contribution is 7.92. The number of rotatable bonds is 15. The Kier molecular flexibility index (Phi) is 11.9. The standard InChI is InChI=1S/C36H40FN3O5S/c1-4-45-32-19-21-33(22-20-32)46(43,44)40(31-13-9-6-10-14-31)26-35(41)39(25-29-15-17-30(37)18-16-29)34(36(42)38-24-27(2)3)23-28-11-7-5-8-12-28/h5-22,27,34H,4,23-26H2,1-3H3,(H,38,42). The molecular weight excluding hydrogens is 605 g/mol. The lowest BCUT2D eigenvalue weighted by Crippen LogP contribution is -2.53. The predicted molar refractivity (Wildman–Crippen MR) is 177 cm³/mol. The fourth-order valence-corrected chi connectivity index (χ4v) is 6.30. The zero-order valence-corrected chi connectivity index (χ0v) is 27.1. The van der Waals surface area contributed by atoms with Gasteiger partial charge in [-0.3, -0.25) is 13.9 Å². The molecule has 0 saturated carbocycles. The van der Waals surface area contributed by atoms with Crippen molar-refractivity contribution in [1.29, 1.82) is 0 Å². The lowest BCUT2D eigenvalue weighted by atomic mass is 10.0. The van der Waals surface area contributed by atoms with Gasteiger partial charge in [0.1, 0.15) is 24.2 Å². The number of halogens is 1. The van der Waals surface area contributed by atoms with Crippen molar-refractivity contribution in [2.45, 2.75) is 44.7 Å². The Hall–Kier alpha value is -4.70. The maximum atomic E-state index is 14.4. The summed E-state index contributed by atoms with van der Waals surface area (Å²) in [5.74, 6) is -0.716. The number of para-hydroxylation sites is 1. The van der Waals surface area contributed by atoms with E-state index in [1.165, 1.54) is 29.2 Å². The minimum absolute atomic E-state index is 0.0202. The predicted octanol–water partition coefficient (Wildman–Crippen LogP) is 5.83. The lowest BCUT2D eigenvalue weighted by Gasteiger charge is -2.34. The fourth-order valence-electron chi connectivity index (χ4n) is 4.89. The third-order valence-corrected chi connectivity index (χ3v) is 9.06. The number of anilines is 1. The van der Waals surface area contributed by atoms with Crippen molar-refractivity contribution < 1.29 is 27.1 Å². The fraction of sp³-hybridized carbons (Fsp3) is 0.278. The molecule has 8 nitrogen and oxygen atoms in total. The molecule has 0 fully saturated rings. The third-order valence-electron chi connectivity index (χ3n) is 7.27. The zero-order chi connectivity index (χ0) is 33.1. The Morgan fingerprint density at radius 3 is 2.02 bits per heavy atom. The van der Waals surface area contributed by atoms with Crippen LogP contribution in [0.4, 0.5) is 10.1 Å². The van der Waals surface area contributed by atoms with Gasteiger partial charge in [0.15, 0.2) is 0 Å². The largest absolute Gasteiger partial charge is 0.494 e. The van der Waals surface area contributed by atoms with E-state index in [2.05, 4.69) is 5.32 Å². The van der Waals surface area contributed by atoms with Gasteiger partial charge in [0.2, 0.25) is 11.8 Å². The van der Waals surface area contributed by atoms with E-state index in [0.717, 1.165) is 9.87 Å². The van der Waals surface area contributed by atoms with Crippen molar-refractivity contribution in [3.63, 3.8) is 0 Å². The van der Waals surface area contributed by atoms with Gasteiger partial charge in [-0.15, -0.1) is 0 Å². The number of ether oxygens (including phenoxy) is 1. The van der Waals surface area contributed by atoms with Gasteiger partial charge in [-0.25, -0.2) is 12.8 Å². The SMILES string of the molecule is CCOc1ccc(S(=O)(=O)N(CC(=O)N(Cc2ccc(F)cc2)C(Cc2ccccc2)C(=O)NCC(C)C)c2ccccc2)cc1. The quantitative estimate of drug-likeness (QED) is 0.176. The van der Waals surface area contributed by atoms with Crippen LogP contribution in [-0.2, 0) is 32.6 Å². The molecule has 1 N–H and O–H groups in total. The number of amides is 2. The summed E-state index contributed by atoms with van der Waals surface area (Å²) in [5, 5.41) is 2.95. The van der Waals surface area contributed by atoms with E-state index in [9.17, 15) is 22.4 Å². The van der Waals surface area contributed by atoms with E-state index in [-0.39, 0.29) is 35.4 Å². The Morgan fingerprint density at radius 2 is 1.43 bits per heavy atom. The molecule has 4 aromatic rings. The number of benzene rings is 4. The summed E-state index contributed by atoms with van der Waals surface area (Å²) in [6.07, 6.45) is 0.189. The van der Waals surface area contributed by atoms with Crippen LogP contribution in [0.5, 0.6) is 5.75 Å². The van der Waals surface area contributed by atoms with Crippen LogP contribution in [0.3, 0.4) is 0 Å². The first-order valence-electron chi connectivity index (χ1n) is 15.2. The molecule has 46 heavy (non-hydrogen) atoms. The van der Waals surface area contributed by atoms with E-state index in [4.69, 9.17) is 4.74 Å². The number of carbonyl (C=O) groups is 2. The molecule has 0 heterocycles. The molecule has 1 atom stereocenters. The van der Waals surface area contributed by atoms with Gasteiger partial charge in [-0.2, -0.15) is 0 Å². The van der Waals surface area contributed by atoms with E-state index in [0.29, 0.717) is 24.5 Å². The average molecular weight is 646 g/mol. The van der Waals surface area contributed by atoms with E-state index in [1.54, 1.807) is 54.6 Å². The van der Waals surface area contributed by atoms with Gasteiger partial charge in [0.25, 0.3) is 10.0 Å². The smallest absolute Gasteiger partial charge is 0.264 e. The zero-order valence-electron chi connectivity index (χ0n) is 26.3. The Balaban J connectivity index is 1.76. The molecule has 4 aromatic carbocycles. The summed E-state index contributed by atoms with van der Waals surface area (Å²) in [6.45, 7) is 5.97. The van der Waals surface area contributed by atoms with Crippen LogP contribution < -0.4 is 14.4 Å². The summed E-state index contributed by atoms with van der Waals surface area (Å²) in [4.78, 5) is 29.6. The molecule has 0 spiro atoms. The number of sulfonamides is 1. The first-order valence-corrected chi connectivity index (χ1v) is 16.7. The normalized spacial score (nSPS) is 11.9. The molecule has 4 rings (SSSR count). The lowest BCUT2D eigenvalue weighted by molar-refractivity contribution is -0.140. The van der Waals surface area contributed by atoms with Crippen LogP contribution in [0.15, 0.2) is 114 Å². The molecule has 2 amide bonds. The minimum Gasteiger partial charge on any atom is -0.494 e. The molecule has 10 heteroatoms. The molecule has 242 valence electrons. The minimum atomic E-state index is -4.24. The number of nitrogens with zero attached hydrogens (tertiary/aromatic N) is 2. The summed E-state index contributed by atoms with van der Waals surface area (Å²) >= 11 is 0. The van der Waals surface area contributed by atoms with Crippen LogP contribution in [0, 0.1) is 11.7 Å². The van der Waals surface area contributed by atoms with E-state index < -0.39 is 34.3 Å². The maximum absolute atomic E-state index is 14.4. The van der Waals surface area contributed by atoms with Crippen LogP contribution in [-0.4, -0.2) is 50.9 Å². The highest BCUT2D eigenvalue weighted by atomic mass is 32.2. The van der Waals surface area contributed by atoms with Crippen molar-refractivity contribution >= 4 is 27.5 Å². The molecule has 0 aliphatic rings. The summed E-state index contributed by atoms with van der Waals surface area (Å²) < 4.78 is 48.6. The second-order valence-corrected chi connectivity index (χ2v) is 13.1. The van der Waals surface area contributed by atoms with E-state index >= 15 is 0 Å². The molecule has 0 aromatic heterocycles. The Bertz CT molecular complexity index is 1670. The second-order valence-electron chi connectivity index (χ2n) is 11.2. The van der Waals surface area contributed by atoms with Gasteiger partial charge >= 0.3 is 0 Å². The summed E-state index contributed by atoms with van der Waals surface area (Å²) in [5.41, 5.74) is 1.70. The van der Waals surface area contributed by atoms with Crippen LogP contribution in [0.1, 0.15) is 31.9 Å². The highest BCUT2D eigenvalue weighted by Gasteiger charge is 2.34. The van der Waals surface area contributed by atoms with Gasteiger partial charge in [0.05, 0.1) is 17.2 Å². The maximum Gasteiger partial charge on any atom is 0.264 e. The molecule has 1 unspecified atom stereocenters. The van der Waals surface area contributed by atoms with E-state index in [1.807, 2.05) is 51.1 Å². The van der Waals surface area contributed by atoms with Crippen molar-refractivity contribution in [3.05, 3.63) is 126 Å². The monoisotopic (exact) mass is 645 g/mol. The Morgan fingerprint density at radius 1 is 0.826 bits per heavy atom. The van der Waals surface area contributed by atoms with Crippen molar-refractivity contribution in [2.75, 3.05) is 24.0 Å². The molecule has 0 saturated heterocycles. The molecular formula is C36H40FN3O5S. The third kappa shape index (κ3) is 9.17. The number of hydrogen-bond acceptors (Lipinski definition) is 5. The van der Waals surface area contributed by atoms with Gasteiger partial charge < -0.3 is 15.0 Å². The first kappa shape index (κ1) is 34.2. The number of nitrogens with one attached hydrogen (secondary N) is 1. The second kappa shape index (κ2) is 16.0. The van der Waals surface area contributed by atoms with Crippen molar-refractivity contribution in [3.8, 4) is 5.75 Å². The van der Waals surface area contributed by atoms with Gasteiger partial charge in [-0.1, -0.05) is 74.5 Å². The van der Waals surface area contributed by atoms with Crippen LogP contribution in [0.2, 0.25) is 0 Å². The number of carbonyl (C=O) groups excluding carboxylic acids is 2. The highest BCUT2D eigenvalue weighted by Crippen LogP contribution is 2.26. The molecule has 0 radical (unpaired) electrons. The topological polar surface area (TPSA) is 96.0 Å². The Labute approximate surface area is 270 Å². The molecule has 0 aliphatic carbocycles. The van der Waals surface area contributed by atoms with Crippen molar-refractivity contribution in [2.24, 2.45) is 5.92 Å². The summed E-state index contributed by atoms with van der Waals surface area (Å²) in [7, 11) is -4.24. The molecule has 0 bridgehead atoms. The number of hydrogen-bond donors (Lipinski definition) is 1. The van der Waals surface area contributed by atoms with Gasteiger partial charge in [-0.05, 0) is 72.5 Å². The van der Waals surface area contributed by atoms with Crippen molar-refractivity contribution in [1.82, 2.24) is 10.2 Å².